The van der Waals surface area contributed by atoms with Gasteiger partial charge < -0.3 is 15.5 Å². The second-order valence-corrected chi connectivity index (χ2v) is 10.9. The molecule has 0 radical (unpaired) electrons. The van der Waals surface area contributed by atoms with Crippen LogP contribution in [-0.4, -0.2) is 66.9 Å². The number of alkyl halides is 5. The van der Waals surface area contributed by atoms with Crippen LogP contribution in [0.4, 0.5) is 26.7 Å². The maximum atomic E-state index is 13.9. The Morgan fingerprint density at radius 3 is 2.70 bits per heavy atom. The van der Waals surface area contributed by atoms with Gasteiger partial charge in [0.25, 0.3) is 11.8 Å². The average Bonchev–Trinajstić information content (AvgIpc) is 3.18. The fourth-order valence-corrected chi connectivity index (χ4v) is 4.77. The van der Waals surface area contributed by atoms with E-state index < -0.39 is 47.3 Å². The van der Waals surface area contributed by atoms with Crippen LogP contribution < -0.4 is 10.6 Å². The van der Waals surface area contributed by atoms with E-state index in [0.29, 0.717) is 11.2 Å². The maximum Gasteiger partial charge on any atom is 0.393 e. The van der Waals surface area contributed by atoms with E-state index in [9.17, 15) is 31.5 Å². The van der Waals surface area contributed by atoms with Crippen LogP contribution in [0.1, 0.15) is 60.2 Å². The van der Waals surface area contributed by atoms with Gasteiger partial charge in [0, 0.05) is 19.6 Å². The number of nitrogens with one attached hydrogen (secondary N) is 2. The molecular weight excluding hydrogens is 543 g/mol. The van der Waals surface area contributed by atoms with E-state index in [0.717, 1.165) is 13.8 Å². The van der Waals surface area contributed by atoms with E-state index >= 15 is 0 Å². The largest absolute Gasteiger partial charge is 0.393 e. The number of fused-ring (bicyclic) bond motifs is 2. The third-order valence-corrected chi connectivity index (χ3v) is 7.67. The zero-order chi connectivity index (χ0) is 29.0. The molecule has 2 aliphatic rings. The van der Waals surface area contributed by atoms with Crippen LogP contribution in [0.15, 0.2) is 23.1 Å². The van der Waals surface area contributed by atoms with Crippen LogP contribution in [-0.2, 0) is 6.54 Å². The van der Waals surface area contributed by atoms with Gasteiger partial charge in [-0.15, -0.1) is 0 Å². The van der Waals surface area contributed by atoms with Gasteiger partial charge >= 0.3 is 12.2 Å². The molecule has 16 heteroatoms. The molecule has 3 atom stereocenters. The van der Waals surface area contributed by atoms with E-state index in [4.69, 9.17) is 0 Å². The smallest absolute Gasteiger partial charge is 0.342 e. The lowest BCUT2D eigenvalue weighted by atomic mass is 9.85. The molecule has 0 bridgehead atoms. The standard InChI is InChI=1S/C24H27F5N8O3/c1-12-19(35-40-34-12)20(38)33-16(4-5-22(2,3)24(27,28)29)17-11-37-18(32-17)6-13(7-31-37)9-36-10-15-14(23(15,25)26)8-30-21(36)39/h6-7,11,14-16H,4-5,8-10H2,1-3H3,(H,30,39)(H,33,38)/t14-,15+,16+/m1/s1. The van der Waals surface area contributed by atoms with Gasteiger partial charge in [0.05, 0.1) is 41.4 Å². The predicted octanol–water partition coefficient (Wildman–Crippen LogP) is 3.67. The van der Waals surface area contributed by atoms with E-state index in [2.05, 4.69) is 35.7 Å². The molecule has 11 nitrogen and oxygen atoms in total. The van der Waals surface area contributed by atoms with Gasteiger partial charge in [-0.1, -0.05) is 19.0 Å². The Balaban J connectivity index is 1.37. The number of hydrogen-bond acceptors (Lipinski definition) is 7. The molecule has 4 heterocycles. The second-order valence-electron chi connectivity index (χ2n) is 10.9. The third kappa shape index (κ3) is 5.18. The fraction of sp³-hybridized carbons (Fsp3) is 0.583. The van der Waals surface area contributed by atoms with Crippen molar-refractivity contribution in [3.05, 3.63) is 41.1 Å². The van der Waals surface area contributed by atoms with Crippen molar-refractivity contribution in [1.29, 1.82) is 0 Å². The number of urea groups is 1. The molecule has 1 aliphatic carbocycles. The molecule has 3 aromatic rings. The summed E-state index contributed by atoms with van der Waals surface area (Å²) in [6.07, 6.45) is -1.96. The van der Waals surface area contributed by atoms with Gasteiger partial charge in [-0.2, -0.15) is 18.3 Å². The lowest BCUT2D eigenvalue weighted by Crippen LogP contribution is -2.40. The summed E-state index contributed by atoms with van der Waals surface area (Å²) in [4.78, 5) is 31.0. The number of hydrogen-bond donors (Lipinski definition) is 2. The summed E-state index contributed by atoms with van der Waals surface area (Å²) >= 11 is 0. The second kappa shape index (κ2) is 9.66. The maximum absolute atomic E-state index is 13.9. The lowest BCUT2D eigenvalue weighted by molar-refractivity contribution is -0.214. The highest BCUT2D eigenvalue weighted by molar-refractivity contribution is 5.93. The zero-order valence-electron chi connectivity index (χ0n) is 21.8. The molecule has 3 amide bonds. The molecule has 40 heavy (non-hydrogen) atoms. The Kier molecular flexibility index (Phi) is 6.69. The van der Waals surface area contributed by atoms with Crippen LogP contribution in [0.3, 0.4) is 0 Å². The lowest BCUT2D eigenvalue weighted by Gasteiger charge is -2.29. The van der Waals surface area contributed by atoms with Gasteiger partial charge in [0.1, 0.15) is 5.69 Å². The molecule has 0 aromatic carbocycles. The first-order valence-electron chi connectivity index (χ1n) is 12.6. The summed E-state index contributed by atoms with van der Waals surface area (Å²) in [5.74, 6) is -5.28. The SMILES string of the molecule is Cc1nonc1C(=O)N[C@@H](CCC(C)(C)C(F)(F)F)c1cn2ncc(CN3C[C@H]4[C@@H](CNC3=O)C4(F)F)cc2n1. The van der Waals surface area contributed by atoms with E-state index in [1.165, 1.54) is 28.7 Å². The van der Waals surface area contributed by atoms with Crippen LogP contribution in [0.2, 0.25) is 0 Å². The zero-order valence-corrected chi connectivity index (χ0v) is 21.8. The number of amides is 3. The van der Waals surface area contributed by atoms with Crippen molar-refractivity contribution in [3.63, 3.8) is 0 Å². The number of aromatic nitrogens is 5. The first-order valence-corrected chi connectivity index (χ1v) is 12.6. The Hall–Kier alpha value is -3.85. The Morgan fingerprint density at radius 1 is 1.27 bits per heavy atom. The number of nitrogens with zero attached hydrogens (tertiary/aromatic N) is 6. The molecule has 1 aliphatic heterocycles. The minimum Gasteiger partial charge on any atom is -0.342 e. The summed E-state index contributed by atoms with van der Waals surface area (Å²) in [6, 6.07) is 0.196. The van der Waals surface area contributed by atoms with E-state index in [1.54, 1.807) is 6.07 Å². The van der Waals surface area contributed by atoms with Gasteiger partial charge in [0.15, 0.2) is 11.3 Å². The Labute approximate surface area is 224 Å². The van der Waals surface area contributed by atoms with Crippen molar-refractivity contribution in [2.75, 3.05) is 13.1 Å². The summed E-state index contributed by atoms with van der Waals surface area (Å²) in [5, 5.41) is 16.6. The topological polar surface area (TPSA) is 131 Å². The van der Waals surface area contributed by atoms with Crippen molar-refractivity contribution in [1.82, 2.24) is 40.4 Å². The minimum absolute atomic E-state index is 0.00913. The number of carbonyl (C=O) groups is 2. The Bertz CT molecular complexity index is 1440. The predicted molar refractivity (Wildman–Crippen MR) is 127 cm³/mol. The van der Waals surface area contributed by atoms with Crippen LogP contribution in [0.5, 0.6) is 0 Å². The van der Waals surface area contributed by atoms with Crippen LogP contribution >= 0.6 is 0 Å². The third-order valence-electron chi connectivity index (χ3n) is 7.67. The van der Waals surface area contributed by atoms with Crippen LogP contribution in [0, 0.1) is 24.2 Å². The molecule has 0 spiro atoms. The molecule has 0 unspecified atom stereocenters. The average molecular weight is 571 g/mol. The van der Waals surface area contributed by atoms with Crippen LogP contribution in [0.25, 0.3) is 5.65 Å². The van der Waals surface area contributed by atoms with Crippen molar-refractivity contribution in [2.45, 2.75) is 58.3 Å². The highest BCUT2D eigenvalue weighted by Gasteiger charge is 2.69. The highest BCUT2D eigenvalue weighted by Crippen LogP contribution is 2.55. The minimum atomic E-state index is -4.46. The first-order chi connectivity index (χ1) is 18.7. The molecule has 1 saturated carbocycles. The number of imidazole rings is 1. The van der Waals surface area contributed by atoms with Crippen molar-refractivity contribution < 1.29 is 36.2 Å². The monoisotopic (exact) mass is 570 g/mol. The molecule has 2 fully saturated rings. The summed E-state index contributed by atoms with van der Waals surface area (Å²) in [6.45, 7) is 3.47. The summed E-state index contributed by atoms with van der Waals surface area (Å²) in [7, 11) is 0. The molecule has 2 N–H and O–H groups in total. The number of halogens is 5. The molecule has 3 aromatic heterocycles. The molecular formula is C24H27F5N8O3. The number of aryl methyl sites for hydroxylation is 1. The first kappa shape index (κ1) is 27.7. The quantitative estimate of drug-likeness (QED) is 0.395. The van der Waals surface area contributed by atoms with E-state index in [-0.39, 0.29) is 49.6 Å². The van der Waals surface area contributed by atoms with Gasteiger partial charge in [-0.25, -0.2) is 27.7 Å². The Morgan fingerprint density at radius 2 is 2.02 bits per heavy atom. The van der Waals surface area contributed by atoms with Crippen molar-refractivity contribution in [3.8, 4) is 0 Å². The highest BCUT2D eigenvalue weighted by atomic mass is 19.4. The molecule has 1 saturated heterocycles. The van der Waals surface area contributed by atoms with Crippen molar-refractivity contribution in [2.24, 2.45) is 17.3 Å². The summed E-state index contributed by atoms with van der Waals surface area (Å²) < 4.78 is 74.3. The van der Waals surface area contributed by atoms with Gasteiger partial charge in [-0.05, 0) is 36.6 Å². The van der Waals surface area contributed by atoms with Gasteiger partial charge in [0.2, 0.25) is 0 Å². The van der Waals surface area contributed by atoms with E-state index in [1.807, 2.05) is 0 Å². The normalized spacial score (nSPS) is 21.5. The number of carbonyl (C=O) groups excluding carboxylic acids is 2. The van der Waals surface area contributed by atoms with Gasteiger partial charge in [-0.3, -0.25) is 4.79 Å². The molecule has 216 valence electrons. The number of rotatable bonds is 8. The fourth-order valence-electron chi connectivity index (χ4n) is 4.77. The van der Waals surface area contributed by atoms with Crippen molar-refractivity contribution >= 4 is 17.6 Å². The molecule has 5 rings (SSSR count). The summed E-state index contributed by atoms with van der Waals surface area (Å²) in [5.41, 5.74) is -0.865.